The topological polar surface area (TPSA) is 69.7 Å². The van der Waals surface area contributed by atoms with Gasteiger partial charge in [-0.15, -0.1) is 0 Å². The standard InChI is InChI=1S/C25H32FN3O3S/c1-4-18(2)23-24(30)29(19(3)20-8-6-5-7-9-20)25(27-23)14-16-28(17-15-25)33(31,32)22-12-10-21(26)11-13-22/h5-13,18-19,23,27H,4,14-17H2,1-3H3/t18-,19+,23+/m0/s1. The van der Waals surface area contributed by atoms with E-state index in [0.717, 1.165) is 24.1 Å². The minimum absolute atomic E-state index is 0.0792. The summed E-state index contributed by atoms with van der Waals surface area (Å²) in [4.78, 5) is 15.7. The van der Waals surface area contributed by atoms with Gasteiger partial charge in [-0.05, 0) is 55.5 Å². The number of rotatable bonds is 6. The minimum atomic E-state index is -3.73. The van der Waals surface area contributed by atoms with Gasteiger partial charge in [-0.3, -0.25) is 10.1 Å². The molecule has 6 nitrogen and oxygen atoms in total. The first-order chi connectivity index (χ1) is 15.7. The van der Waals surface area contributed by atoms with Gasteiger partial charge in [-0.2, -0.15) is 4.31 Å². The lowest BCUT2D eigenvalue weighted by molar-refractivity contribution is -0.136. The van der Waals surface area contributed by atoms with Crippen LogP contribution in [0.15, 0.2) is 59.5 Å². The number of carbonyl (C=O) groups is 1. The van der Waals surface area contributed by atoms with E-state index in [-0.39, 0.29) is 41.9 Å². The molecule has 2 aliphatic rings. The Balaban J connectivity index is 1.61. The molecule has 178 valence electrons. The van der Waals surface area contributed by atoms with Crippen molar-refractivity contribution in [1.82, 2.24) is 14.5 Å². The number of nitrogens with one attached hydrogen (secondary N) is 1. The smallest absolute Gasteiger partial charge is 0.243 e. The maximum absolute atomic E-state index is 13.6. The Bertz CT molecular complexity index is 1080. The normalized spacial score (nSPS) is 23.1. The number of halogens is 1. The van der Waals surface area contributed by atoms with Crippen molar-refractivity contribution in [1.29, 1.82) is 0 Å². The molecule has 1 spiro atoms. The maximum atomic E-state index is 13.6. The fourth-order valence-corrected chi connectivity index (χ4v) is 6.52. The predicted molar refractivity (Wildman–Crippen MR) is 125 cm³/mol. The van der Waals surface area contributed by atoms with Crippen molar-refractivity contribution >= 4 is 15.9 Å². The number of benzene rings is 2. The maximum Gasteiger partial charge on any atom is 0.243 e. The Kier molecular flexibility index (Phi) is 6.62. The third kappa shape index (κ3) is 4.32. The lowest BCUT2D eigenvalue weighted by Crippen LogP contribution is -2.60. The Morgan fingerprint density at radius 1 is 1.06 bits per heavy atom. The molecule has 0 aliphatic carbocycles. The SMILES string of the molecule is CC[C@H](C)[C@H]1NC2(CCN(S(=O)(=O)c3ccc(F)cc3)CC2)N([C@H](C)c2ccccc2)C1=O. The third-order valence-electron chi connectivity index (χ3n) is 7.27. The summed E-state index contributed by atoms with van der Waals surface area (Å²) in [5.41, 5.74) is 0.452. The van der Waals surface area contributed by atoms with Crippen LogP contribution in [0.5, 0.6) is 0 Å². The molecule has 0 bridgehead atoms. The molecule has 8 heteroatoms. The minimum Gasteiger partial charge on any atom is -0.316 e. The summed E-state index contributed by atoms with van der Waals surface area (Å²) >= 11 is 0. The van der Waals surface area contributed by atoms with Gasteiger partial charge in [0.15, 0.2) is 0 Å². The average Bonchev–Trinajstić information content (AvgIpc) is 3.10. The van der Waals surface area contributed by atoms with Crippen LogP contribution >= 0.6 is 0 Å². The molecule has 1 amide bonds. The fraction of sp³-hybridized carbons (Fsp3) is 0.480. The van der Waals surface area contributed by atoms with Gasteiger partial charge >= 0.3 is 0 Å². The van der Waals surface area contributed by atoms with E-state index in [9.17, 15) is 17.6 Å². The number of hydrogen-bond donors (Lipinski definition) is 1. The Morgan fingerprint density at radius 3 is 2.24 bits per heavy atom. The highest BCUT2D eigenvalue weighted by molar-refractivity contribution is 7.89. The van der Waals surface area contributed by atoms with Crippen LogP contribution in [0.25, 0.3) is 0 Å². The van der Waals surface area contributed by atoms with Crippen LogP contribution in [-0.2, 0) is 14.8 Å². The lowest BCUT2D eigenvalue weighted by atomic mass is 9.94. The van der Waals surface area contributed by atoms with E-state index in [1.807, 2.05) is 42.2 Å². The zero-order chi connectivity index (χ0) is 23.8. The molecule has 33 heavy (non-hydrogen) atoms. The van der Waals surface area contributed by atoms with E-state index in [2.05, 4.69) is 19.2 Å². The lowest BCUT2D eigenvalue weighted by Gasteiger charge is -2.46. The summed E-state index contributed by atoms with van der Waals surface area (Å²) in [7, 11) is -3.73. The second-order valence-electron chi connectivity index (χ2n) is 9.19. The van der Waals surface area contributed by atoms with Crippen LogP contribution in [0, 0.1) is 11.7 Å². The summed E-state index contributed by atoms with van der Waals surface area (Å²) in [6.45, 7) is 6.76. The fourth-order valence-electron chi connectivity index (χ4n) is 5.08. The molecular weight excluding hydrogens is 441 g/mol. The summed E-state index contributed by atoms with van der Waals surface area (Å²) in [6, 6.07) is 14.4. The van der Waals surface area contributed by atoms with Crippen molar-refractivity contribution in [3.8, 4) is 0 Å². The van der Waals surface area contributed by atoms with Gasteiger partial charge in [-0.1, -0.05) is 50.6 Å². The summed E-state index contributed by atoms with van der Waals surface area (Å²) < 4.78 is 41.0. The number of amides is 1. The highest BCUT2D eigenvalue weighted by atomic mass is 32.2. The van der Waals surface area contributed by atoms with Crippen molar-refractivity contribution in [2.45, 2.75) is 62.7 Å². The summed E-state index contributed by atoms with van der Waals surface area (Å²) in [5, 5.41) is 3.63. The van der Waals surface area contributed by atoms with Crippen molar-refractivity contribution in [2.75, 3.05) is 13.1 Å². The van der Waals surface area contributed by atoms with Crippen LogP contribution < -0.4 is 5.32 Å². The highest BCUT2D eigenvalue weighted by Crippen LogP contribution is 2.41. The largest absolute Gasteiger partial charge is 0.316 e. The Morgan fingerprint density at radius 2 is 1.67 bits per heavy atom. The molecule has 2 aliphatic heterocycles. The predicted octanol–water partition coefficient (Wildman–Crippen LogP) is 3.91. The number of carbonyl (C=O) groups excluding carboxylic acids is 1. The van der Waals surface area contributed by atoms with E-state index in [1.54, 1.807) is 0 Å². The molecule has 0 saturated carbocycles. The second-order valence-corrected chi connectivity index (χ2v) is 11.1. The van der Waals surface area contributed by atoms with Crippen LogP contribution in [0.1, 0.15) is 51.6 Å². The molecule has 3 atom stereocenters. The molecule has 2 aromatic carbocycles. The molecule has 1 N–H and O–H groups in total. The van der Waals surface area contributed by atoms with Crippen LogP contribution in [-0.4, -0.2) is 48.3 Å². The Labute approximate surface area is 195 Å². The van der Waals surface area contributed by atoms with Gasteiger partial charge in [0, 0.05) is 13.1 Å². The molecule has 2 aromatic rings. The number of hydrogen-bond acceptors (Lipinski definition) is 4. The van der Waals surface area contributed by atoms with E-state index >= 15 is 0 Å². The van der Waals surface area contributed by atoms with Gasteiger partial charge in [0.25, 0.3) is 0 Å². The first-order valence-electron chi connectivity index (χ1n) is 11.6. The van der Waals surface area contributed by atoms with Crippen LogP contribution in [0.2, 0.25) is 0 Å². The quantitative estimate of drug-likeness (QED) is 0.691. The monoisotopic (exact) mass is 473 g/mol. The molecule has 0 aromatic heterocycles. The zero-order valence-electron chi connectivity index (χ0n) is 19.4. The molecule has 2 saturated heterocycles. The van der Waals surface area contributed by atoms with Crippen molar-refractivity contribution < 1.29 is 17.6 Å². The second kappa shape index (κ2) is 9.16. The van der Waals surface area contributed by atoms with Crippen molar-refractivity contribution in [3.63, 3.8) is 0 Å². The molecule has 2 heterocycles. The zero-order valence-corrected chi connectivity index (χ0v) is 20.2. The van der Waals surface area contributed by atoms with E-state index in [0.29, 0.717) is 12.8 Å². The molecule has 4 rings (SSSR count). The number of nitrogens with zero attached hydrogens (tertiary/aromatic N) is 2. The van der Waals surface area contributed by atoms with Gasteiger partial charge in [-0.25, -0.2) is 12.8 Å². The van der Waals surface area contributed by atoms with E-state index in [4.69, 9.17) is 0 Å². The highest BCUT2D eigenvalue weighted by Gasteiger charge is 2.55. The van der Waals surface area contributed by atoms with Gasteiger partial charge in [0.2, 0.25) is 15.9 Å². The third-order valence-corrected chi connectivity index (χ3v) is 9.18. The summed E-state index contributed by atoms with van der Waals surface area (Å²) in [6.07, 6.45) is 1.85. The molecular formula is C25H32FN3O3S. The molecule has 2 fully saturated rings. The average molecular weight is 474 g/mol. The van der Waals surface area contributed by atoms with Crippen LogP contribution in [0.4, 0.5) is 4.39 Å². The first kappa shape index (κ1) is 23.9. The van der Waals surface area contributed by atoms with Crippen LogP contribution in [0.3, 0.4) is 0 Å². The Hall–Kier alpha value is -2.29. The van der Waals surface area contributed by atoms with Gasteiger partial charge in [0.1, 0.15) is 5.82 Å². The number of sulfonamides is 1. The number of piperidine rings is 1. The van der Waals surface area contributed by atoms with Crippen molar-refractivity contribution in [2.24, 2.45) is 5.92 Å². The molecule has 0 unspecified atom stereocenters. The first-order valence-corrected chi connectivity index (χ1v) is 13.0. The van der Waals surface area contributed by atoms with E-state index in [1.165, 1.54) is 16.4 Å². The van der Waals surface area contributed by atoms with Gasteiger partial charge < -0.3 is 4.90 Å². The summed E-state index contributed by atoms with van der Waals surface area (Å²) in [5.74, 6) is -0.222. The van der Waals surface area contributed by atoms with E-state index < -0.39 is 21.5 Å². The molecule has 0 radical (unpaired) electrons. The van der Waals surface area contributed by atoms with Gasteiger partial charge in [0.05, 0.1) is 22.6 Å². The van der Waals surface area contributed by atoms with Crippen molar-refractivity contribution in [3.05, 3.63) is 66.0 Å².